The summed E-state index contributed by atoms with van der Waals surface area (Å²) < 4.78 is 31.3. The molecule has 1 aromatic carbocycles. The maximum absolute atomic E-state index is 13.4. The summed E-state index contributed by atoms with van der Waals surface area (Å²) in [4.78, 5) is 3.95. The Balaban J connectivity index is 2.14. The normalized spacial score (nSPS) is 10.6. The van der Waals surface area contributed by atoms with Gasteiger partial charge in [0, 0.05) is 17.5 Å². The second-order valence-corrected chi connectivity index (χ2v) is 4.18. The van der Waals surface area contributed by atoms with Gasteiger partial charge in [0.2, 0.25) is 5.89 Å². The van der Waals surface area contributed by atoms with Crippen LogP contribution in [0.4, 0.5) is 14.5 Å². The van der Waals surface area contributed by atoms with Gasteiger partial charge in [-0.1, -0.05) is 5.16 Å². The Hall–Kier alpha value is -1.50. The molecule has 4 nitrogen and oxygen atoms in total. The highest BCUT2D eigenvalue weighted by Crippen LogP contribution is 2.27. The number of aromatic nitrogens is 2. The molecule has 17 heavy (non-hydrogen) atoms. The van der Waals surface area contributed by atoms with Crippen molar-refractivity contribution in [2.75, 3.05) is 5.32 Å². The highest BCUT2D eigenvalue weighted by atomic mass is 79.9. The van der Waals surface area contributed by atoms with Crippen molar-refractivity contribution in [2.45, 2.75) is 13.5 Å². The molecule has 1 N–H and O–H groups in total. The first-order valence-electron chi connectivity index (χ1n) is 4.74. The van der Waals surface area contributed by atoms with E-state index in [0.29, 0.717) is 16.2 Å². The Labute approximate surface area is 104 Å². The van der Waals surface area contributed by atoms with E-state index in [-0.39, 0.29) is 12.2 Å². The zero-order valence-electron chi connectivity index (χ0n) is 8.80. The summed E-state index contributed by atoms with van der Waals surface area (Å²) in [5.74, 6) is -0.494. The van der Waals surface area contributed by atoms with E-state index in [1.165, 1.54) is 6.07 Å². The molecule has 90 valence electrons. The first-order chi connectivity index (χ1) is 8.06. The van der Waals surface area contributed by atoms with Crippen LogP contribution in [-0.2, 0) is 6.54 Å². The largest absolute Gasteiger partial charge is 0.374 e. The fourth-order valence-electron chi connectivity index (χ4n) is 1.29. The van der Waals surface area contributed by atoms with Crippen molar-refractivity contribution in [3.63, 3.8) is 0 Å². The number of benzene rings is 1. The summed E-state index contributed by atoms with van der Waals surface area (Å²) in [6.45, 7) is 1.85. The molecule has 0 saturated carbocycles. The molecule has 0 aliphatic heterocycles. The van der Waals surface area contributed by atoms with Gasteiger partial charge in [0.05, 0.1) is 12.2 Å². The van der Waals surface area contributed by atoms with Crippen LogP contribution in [0.2, 0.25) is 0 Å². The molecule has 2 rings (SSSR count). The third-order valence-corrected chi connectivity index (χ3v) is 2.63. The monoisotopic (exact) mass is 303 g/mol. The minimum absolute atomic E-state index is 0.161. The van der Waals surface area contributed by atoms with Crippen LogP contribution in [0.25, 0.3) is 0 Å². The Bertz CT molecular complexity index is 521. The predicted molar refractivity (Wildman–Crippen MR) is 60.4 cm³/mol. The molecule has 7 heteroatoms. The minimum Gasteiger partial charge on any atom is -0.374 e. The average Bonchev–Trinajstić information content (AvgIpc) is 2.62. The van der Waals surface area contributed by atoms with Gasteiger partial charge in [-0.3, -0.25) is 0 Å². The predicted octanol–water partition coefficient (Wildman–Crippen LogP) is 3.03. The summed E-state index contributed by atoms with van der Waals surface area (Å²) >= 11 is 3.07. The van der Waals surface area contributed by atoms with Gasteiger partial charge in [-0.25, -0.2) is 8.78 Å². The Morgan fingerprint density at radius 1 is 1.41 bits per heavy atom. The lowest BCUT2D eigenvalue weighted by molar-refractivity contribution is 0.388. The Morgan fingerprint density at radius 2 is 2.18 bits per heavy atom. The van der Waals surface area contributed by atoms with Crippen molar-refractivity contribution in [3.8, 4) is 0 Å². The molecule has 0 aliphatic carbocycles. The van der Waals surface area contributed by atoms with Gasteiger partial charge in [-0.2, -0.15) is 4.98 Å². The van der Waals surface area contributed by atoms with Gasteiger partial charge < -0.3 is 9.84 Å². The number of rotatable bonds is 3. The molecule has 0 atom stereocenters. The van der Waals surface area contributed by atoms with Crippen molar-refractivity contribution < 1.29 is 13.3 Å². The molecule has 0 unspecified atom stereocenters. The SMILES string of the molecule is Cc1nc(CNc2c(F)cc(F)cc2Br)no1. The maximum atomic E-state index is 13.4. The molecule has 2 aromatic rings. The molecule has 1 heterocycles. The van der Waals surface area contributed by atoms with Gasteiger partial charge >= 0.3 is 0 Å². The quantitative estimate of drug-likeness (QED) is 0.947. The molecule has 0 aliphatic rings. The van der Waals surface area contributed by atoms with Crippen LogP contribution in [0.3, 0.4) is 0 Å². The van der Waals surface area contributed by atoms with Gasteiger partial charge in [0.1, 0.15) is 11.6 Å². The zero-order chi connectivity index (χ0) is 12.4. The second-order valence-electron chi connectivity index (χ2n) is 3.33. The maximum Gasteiger partial charge on any atom is 0.223 e. The number of anilines is 1. The van der Waals surface area contributed by atoms with Crippen LogP contribution in [-0.4, -0.2) is 10.1 Å². The standard InChI is InChI=1S/C10H8BrF2N3O/c1-5-15-9(16-17-5)4-14-10-7(11)2-6(12)3-8(10)13/h2-3,14H,4H2,1H3. The molecule has 0 spiro atoms. The minimum atomic E-state index is -0.683. The number of nitrogens with zero attached hydrogens (tertiary/aromatic N) is 2. The van der Waals surface area contributed by atoms with Crippen molar-refractivity contribution in [2.24, 2.45) is 0 Å². The van der Waals surface area contributed by atoms with E-state index in [0.717, 1.165) is 6.07 Å². The molecule has 0 saturated heterocycles. The van der Waals surface area contributed by atoms with E-state index in [1.807, 2.05) is 0 Å². The van der Waals surface area contributed by atoms with Gasteiger partial charge in [-0.15, -0.1) is 0 Å². The number of hydrogen-bond donors (Lipinski definition) is 1. The van der Waals surface area contributed by atoms with E-state index in [4.69, 9.17) is 4.52 Å². The van der Waals surface area contributed by atoms with Gasteiger partial charge in [0.15, 0.2) is 5.82 Å². The van der Waals surface area contributed by atoms with E-state index in [2.05, 4.69) is 31.4 Å². The fourth-order valence-corrected chi connectivity index (χ4v) is 1.84. The van der Waals surface area contributed by atoms with E-state index in [9.17, 15) is 8.78 Å². The third kappa shape index (κ3) is 2.79. The third-order valence-electron chi connectivity index (χ3n) is 2.00. The number of halogens is 3. The zero-order valence-corrected chi connectivity index (χ0v) is 10.4. The lowest BCUT2D eigenvalue weighted by atomic mass is 10.3. The lowest BCUT2D eigenvalue weighted by Crippen LogP contribution is -2.04. The first kappa shape index (κ1) is 12.0. The number of aryl methyl sites for hydroxylation is 1. The van der Waals surface area contributed by atoms with Crippen LogP contribution >= 0.6 is 15.9 Å². The number of nitrogens with one attached hydrogen (secondary N) is 1. The van der Waals surface area contributed by atoms with Crippen LogP contribution in [0.15, 0.2) is 21.1 Å². The smallest absolute Gasteiger partial charge is 0.223 e. The highest BCUT2D eigenvalue weighted by Gasteiger charge is 2.10. The molecule has 0 amide bonds. The summed E-state index contributed by atoms with van der Waals surface area (Å²) in [5, 5.41) is 6.41. The van der Waals surface area contributed by atoms with Crippen LogP contribution in [0.1, 0.15) is 11.7 Å². The number of hydrogen-bond acceptors (Lipinski definition) is 4. The van der Waals surface area contributed by atoms with Crippen molar-refractivity contribution in [3.05, 3.63) is 40.0 Å². The second kappa shape index (κ2) is 4.79. The molecule has 0 fully saturated rings. The molecular formula is C10H8BrF2N3O. The first-order valence-corrected chi connectivity index (χ1v) is 5.53. The van der Waals surface area contributed by atoms with E-state index >= 15 is 0 Å². The van der Waals surface area contributed by atoms with Crippen molar-refractivity contribution >= 4 is 21.6 Å². The Kier molecular flexibility index (Phi) is 3.37. The van der Waals surface area contributed by atoms with Crippen LogP contribution < -0.4 is 5.32 Å². The summed E-state index contributed by atoms with van der Waals surface area (Å²) in [5.41, 5.74) is 0.161. The van der Waals surface area contributed by atoms with Crippen molar-refractivity contribution in [1.82, 2.24) is 10.1 Å². The van der Waals surface area contributed by atoms with E-state index < -0.39 is 11.6 Å². The average molecular weight is 304 g/mol. The fraction of sp³-hybridized carbons (Fsp3) is 0.200. The summed E-state index contributed by atoms with van der Waals surface area (Å²) in [6, 6.07) is 1.97. The Morgan fingerprint density at radius 3 is 2.76 bits per heavy atom. The van der Waals surface area contributed by atoms with Crippen LogP contribution in [0, 0.1) is 18.6 Å². The summed E-state index contributed by atoms with van der Waals surface area (Å²) in [7, 11) is 0. The van der Waals surface area contributed by atoms with Gasteiger partial charge in [0.25, 0.3) is 0 Å². The summed E-state index contributed by atoms with van der Waals surface area (Å²) in [6.07, 6.45) is 0. The molecular weight excluding hydrogens is 296 g/mol. The highest BCUT2D eigenvalue weighted by molar-refractivity contribution is 9.10. The molecule has 0 bridgehead atoms. The lowest BCUT2D eigenvalue weighted by Gasteiger charge is -2.07. The van der Waals surface area contributed by atoms with E-state index in [1.54, 1.807) is 6.92 Å². The molecule has 0 radical (unpaired) electrons. The molecule has 1 aromatic heterocycles. The van der Waals surface area contributed by atoms with Crippen molar-refractivity contribution in [1.29, 1.82) is 0 Å². The van der Waals surface area contributed by atoms with Crippen LogP contribution in [0.5, 0.6) is 0 Å². The topological polar surface area (TPSA) is 51.0 Å². The van der Waals surface area contributed by atoms with Gasteiger partial charge in [-0.05, 0) is 22.0 Å².